The maximum absolute atomic E-state index is 13.0. The highest BCUT2D eigenvalue weighted by Gasteiger charge is 2.44. The minimum atomic E-state index is -4.79. The number of carboxylic acids is 1. The zero-order chi connectivity index (χ0) is 20.7. The number of rotatable bonds is 4. The van der Waals surface area contributed by atoms with E-state index in [9.17, 15) is 27.9 Å². The van der Waals surface area contributed by atoms with Crippen LogP contribution in [-0.2, 0) is 0 Å². The molecule has 0 atom stereocenters. The summed E-state index contributed by atoms with van der Waals surface area (Å²) in [5, 5.41) is 9.18. The van der Waals surface area contributed by atoms with Crippen LogP contribution >= 0.6 is 0 Å². The number of aromatic carboxylic acids is 1. The van der Waals surface area contributed by atoms with Gasteiger partial charge in [0.2, 0.25) is 0 Å². The highest BCUT2D eigenvalue weighted by Crippen LogP contribution is 2.36. The Bertz CT molecular complexity index is 910. The van der Waals surface area contributed by atoms with Crippen molar-refractivity contribution in [1.29, 1.82) is 0 Å². The van der Waals surface area contributed by atoms with E-state index in [4.69, 9.17) is 0 Å². The lowest BCUT2D eigenvalue weighted by Crippen LogP contribution is -2.42. The Hall–Kier alpha value is -3.23. The molecule has 0 bridgehead atoms. The summed E-state index contributed by atoms with van der Waals surface area (Å²) >= 11 is 0. The number of halogens is 3. The fourth-order valence-electron chi connectivity index (χ4n) is 3.17. The van der Waals surface area contributed by atoms with Gasteiger partial charge in [-0.25, -0.2) is 9.59 Å². The smallest absolute Gasteiger partial charge is 0.478 e. The van der Waals surface area contributed by atoms with Crippen molar-refractivity contribution in [3.05, 3.63) is 54.1 Å². The van der Waals surface area contributed by atoms with Crippen LogP contribution < -0.4 is 14.5 Å². The molecule has 0 radical (unpaired) electrons. The van der Waals surface area contributed by atoms with Crippen LogP contribution in [0.25, 0.3) is 0 Å². The predicted molar refractivity (Wildman–Crippen MR) is 95.8 cm³/mol. The molecule has 2 aromatic carbocycles. The van der Waals surface area contributed by atoms with Gasteiger partial charge in [-0.3, -0.25) is 9.80 Å². The van der Waals surface area contributed by atoms with E-state index in [1.165, 1.54) is 34.1 Å². The number of benzene rings is 2. The Morgan fingerprint density at radius 2 is 1.75 bits per heavy atom. The van der Waals surface area contributed by atoms with E-state index in [1.54, 1.807) is 12.1 Å². The van der Waals surface area contributed by atoms with Crippen LogP contribution in [0, 0.1) is 0 Å². The summed E-state index contributed by atoms with van der Waals surface area (Å²) in [4.78, 5) is 27.1. The molecule has 0 aromatic heterocycles. The van der Waals surface area contributed by atoms with Gasteiger partial charge in [-0.05, 0) is 56.3 Å². The van der Waals surface area contributed by atoms with Crippen LogP contribution in [0.5, 0.6) is 5.75 Å². The lowest BCUT2D eigenvalue weighted by atomic mass is 10.0. The van der Waals surface area contributed by atoms with Crippen LogP contribution in [0.15, 0.2) is 48.5 Å². The van der Waals surface area contributed by atoms with Crippen molar-refractivity contribution in [3.8, 4) is 5.75 Å². The molecule has 0 saturated carbocycles. The average molecular weight is 394 g/mol. The summed E-state index contributed by atoms with van der Waals surface area (Å²) in [5.41, 5.74) is 0.210. The van der Waals surface area contributed by atoms with Crippen molar-refractivity contribution in [3.63, 3.8) is 0 Å². The normalized spacial score (nSPS) is 16.4. The van der Waals surface area contributed by atoms with Gasteiger partial charge in [-0.15, -0.1) is 13.2 Å². The van der Waals surface area contributed by atoms with Gasteiger partial charge < -0.3 is 9.84 Å². The van der Waals surface area contributed by atoms with Gasteiger partial charge in [0.15, 0.2) is 0 Å². The van der Waals surface area contributed by atoms with Gasteiger partial charge in [0.1, 0.15) is 5.75 Å². The van der Waals surface area contributed by atoms with E-state index in [-0.39, 0.29) is 17.9 Å². The minimum Gasteiger partial charge on any atom is -0.478 e. The number of anilines is 2. The van der Waals surface area contributed by atoms with Crippen LogP contribution in [-0.4, -0.2) is 35.6 Å². The summed E-state index contributed by atoms with van der Waals surface area (Å²) in [6, 6.07) is 10.6. The molecule has 0 aliphatic carbocycles. The monoisotopic (exact) mass is 394 g/mol. The van der Waals surface area contributed by atoms with Crippen LogP contribution in [0.3, 0.4) is 0 Å². The number of carbonyl (C=O) groups is 2. The number of alkyl halides is 3. The van der Waals surface area contributed by atoms with Crippen molar-refractivity contribution in [2.75, 3.05) is 16.3 Å². The molecule has 28 heavy (non-hydrogen) atoms. The van der Waals surface area contributed by atoms with E-state index in [1.807, 2.05) is 13.8 Å². The third-order valence-electron chi connectivity index (χ3n) is 4.31. The first kappa shape index (κ1) is 19.5. The molecule has 148 valence electrons. The minimum absolute atomic E-state index is 0.0493. The van der Waals surface area contributed by atoms with Gasteiger partial charge in [0.25, 0.3) is 0 Å². The van der Waals surface area contributed by atoms with Gasteiger partial charge in [-0.1, -0.05) is 6.07 Å². The number of carboxylic acid groups (broad SMARTS) is 1. The molecule has 0 spiro atoms. The maximum Gasteiger partial charge on any atom is 0.573 e. The first-order valence-corrected chi connectivity index (χ1v) is 8.29. The first-order chi connectivity index (χ1) is 13.0. The SMILES string of the molecule is CC1(C)CN(c2ccc(OC(F)(F)F)cc2)C(=O)N1c1cccc(C(=O)O)c1. The van der Waals surface area contributed by atoms with Gasteiger partial charge in [0, 0.05) is 11.4 Å². The van der Waals surface area contributed by atoms with E-state index in [0.717, 1.165) is 12.1 Å². The number of ether oxygens (including phenoxy) is 1. The fraction of sp³-hybridized carbons (Fsp3) is 0.263. The zero-order valence-electron chi connectivity index (χ0n) is 15.0. The highest BCUT2D eigenvalue weighted by molar-refractivity contribution is 6.08. The molecule has 6 nitrogen and oxygen atoms in total. The molecule has 2 aromatic rings. The number of hydrogen-bond acceptors (Lipinski definition) is 3. The molecule has 1 heterocycles. The predicted octanol–water partition coefficient (Wildman–Crippen LogP) is 4.51. The fourth-order valence-corrected chi connectivity index (χ4v) is 3.17. The quantitative estimate of drug-likeness (QED) is 0.829. The molecular formula is C19H17F3N2O4. The third kappa shape index (κ3) is 3.88. The van der Waals surface area contributed by atoms with Crippen molar-refractivity contribution < 1.29 is 32.6 Å². The van der Waals surface area contributed by atoms with Gasteiger partial charge in [-0.2, -0.15) is 0 Å². The van der Waals surface area contributed by atoms with Crippen molar-refractivity contribution >= 4 is 23.4 Å². The molecule has 3 rings (SSSR count). The van der Waals surface area contributed by atoms with E-state index in [0.29, 0.717) is 11.4 Å². The summed E-state index contributed by atoms with van der Waals surface area (Å²) in [6.07, 6.45) is -4.79. The summed E-state index contributed by atoms with van der Waals surface area (Å²) in [6.45, 7) is 3.90. The molecule has 1 aliphatic rings. The second kappa shape index (κ2) is 6.74. The molecular weight excluding hydrogens is 377 g/mol. The second-order valence-corrected chi connectivity index (χ2v) is 6.91. The molecule has 1 aliphatic heterocycles. The van der Waals surface area contributed by atoms with E-state index < -0.39 is 23.9 Å². The molecule has 1 fully saturated rings. The standard InChI is InChI=1S/C19H17F3N2O4/c1-18(2)11-23(13-6-8-15(9-7-13)28-19(20,21)22)17(27)24(18)14-5-3-4-12(10-14)16(25)26/h3-10H,11H2,1-2H3,(H,25,26). The lowest BCUT2D eigenvalue weighted by molar-refractivity contribution is -0.274. The summed E-state index contributed by atoms with van der Waals surface area (Å²) < 4.78 is 40.7. The van der Waals surface area contributed by atoms with Crippen molar-refractivity contribution in [2.45, 2.75) is 25.7 Å². The molecule has 0 unspecified atom stereocenters. The molecule has 1 N–H and O–H groups in total. The number of hydrogen-bond donors (Lipinski definition) is 1. The van der Waals surface area contributed by atoms with Crippen LogP contribution in [0.2, 0.25) is 0 Å². The van der Waals surface area contributed by atoms with E-state index >= 15 is 0 Å². The third-order valence-corrected chi connectivity index (χ3v) is 4.31. The van der Waals surface area contributed by atoms with Crippen LogP contribution in [0.1, 0.15) is 24.2 Å². The number of urea groups is 1. The molecule has 1 saturated heterocycles. The maximum atomic E-state index is 13.0. The summed E-state index contributed by atoms with van der Waals surface area (Å²) in [5.74, 6) is -1.49. The zero-order valence-corrected chi connectivity index (χ0v) is 15.0. The van der Waals surface area contributed by atoms with Gasteiger partial charge in [0.05, 0.1) is 17.6 Å². The number of nitrogens with zero attached hydrogens (tertiary/aromatic N) is 2. The Kier molecular flexibility index (Phi) is 4.70. The van der Waals surface area contributed by atoms with Crippen molar-refractivity contribution in [2.24, 2.45) is 0 Å². The Morgan fingerprint density at radius 3 is 2.32 bits per heavy atom. The Morgan fingerprint density at radius 1 is 1.11 bits per heavy atom. The van der Waals surface area contributed by atoms with E-state index in [2.05, 4.69) is 4.74 Å². The largest absolute Gasteiger partial charge is 0.573 e. The topological polar surface area (TPSA) is 70.1 Å². The lowest BCUT2D eigenvalue weighted by Gasteiger charge is -2.29. The number of amides is 2. The highest BCUT2D eigenvalue weighted by atomic mass is 19.4. The first-order valence-electron chi connectivity index (χ1n) is 8.29. The summed E-state index contributed by atoms with van der Waals surface area (Å²) in [7, 11) is 0. The van der Waals surface area contributed by atoms with Gasteiger partial charge >= 0.3 is 18.4 Å². The number of carbonyl (C=O) groups excluding carboxylic acids is 1. The Labute approximate surface area is 158 Å². The molecule has 2 amide bonds. The molecule has 9 heteroatoms. The second-order valence-electron chi connectivity index (χ2n) is 6.91. The van der Waals surface area contributed by atoms with Crippen LogP contribution in [0.4, 0.5) is 29.3 Å². The average Bonchev–Trinajstić information content (AvgIpc) is 2.83. The Balaban J connectivity index is 1.89. The van der Waals surface area contributed by atoms with Crippen molar-refractivity contribution in [1.82, 2.24) is 0 Å².